The summed E-state index contributed by atoms with van der Waals surface area (Å²) in [6, 6.07) is 16.6. The first-order valence-electron chi connectivity index (χ1n) is 9.61. The van der Waals surface area contributed by atoms with Crippen molar-refractivity contribution in [1.82, 2.24) is 14.9 Å². The second-order valence-corrected chi connectivity index (χ2v) is 7.29. The van der Waals surface area contributed by atoms with Crippen LogP contribution in [0.1, 0.15) is 28.4 Å². The van der Waals surface area contributed by atoms with Crippen LogP contribution in [0.5, 0.6) is 0 Å². The summed E-state index contributed by atoms with van der Waals surface area (Å²) in [7, 11) is 1.83. The Labute approximate surface area is 165 Å². The minimum absolute atomic E-state index is 0.0111. The van der Waals surface area contributed by atoms with Crippen LogP contribution in [0.4, 0.5) is 11.5 Å². The van der Waals surface area contributed by atoms with Crippen molar-refractivity contribution in [3.63, 3.8) is 0 Å². The van der Waals surface area contributed by atoms with Crippen LogP contribution in [-0.2, 0) is 12.8 Å². The topological polar surface area (TPSA) is 49.3 Å². The van der Waals surface area contributed by atoms with Gasteiger partial charge in [0.25, 0.3) is 5.91 Å². The van der Waals surface area contributed by atoms with E-state index in [9.17, 15) is 4.79 Å². The summed E-state index contributed by atoms with van der Waals surface area (Å²) in [5.41, 5.74) is 4.33. The third kappa shape index (κ3) is 3.60. The molecule has 0 spiro atoms. The molecular formula is C23H24N4O. The molecular weight excluding hydrogens is 348 g/mol. The third-order valence-electron chi connectivity index (χ3n) is 5.28. The molecule has 1 atom stereocenters. The standard InChI is InChI=1S/C23H24N4O/c1-17-15-19-5-3-4-6-21(19)27(17)22-8-7-20(16-25-22)23(28)26(2)14-11-18-9-12-24-13-10-18/h3-10,12-13,16-17H,11,14-15H2,1-2H3. The summed E-state index contributed by atoms with van der Waals surface area (Å²) in [6.45, 7) is 2.86. The second kappa shape index (κ2) is 7.80. The zero-order chi connectivity index (χ0) is 19.5. The predicted octanol–water partition coefficient (Wildman–Crippen LogP) is 3.87. The van der Waals surface area contributed by atoms with Gasteiger partial charge in [0, 0.05) is 43.9 Å². The normalized spacial score (nSPS) is 15.4. The van der Waals surface area contributed by atoms with Crippen LogP contribution >= 0.6 is 0 Å². The lowest BCUT2D eigenvalue weighted by molar-refractivity contribution is 0.0796. The number of hydrogen-bond acceptors (Lipinski definition) is 4. The van der Waals surface area contributed by atoms with Gasteiger partial charge in [-0.15, -0.1) is 0 Å². The molecule has 4 rings (SSSR count). The molecule has 0 aliphatic carbocycles. The highest BCUT2D eigenvalue weighted by Crippen LogP contribution is 2.36. The van der Waals surface area contributed by atoms with Gasteiger partial charge in [0.15, 0.2) is 0 Å². The van der Waals surface area contributed by atoms with Crippen molar-refractivity contribution >= 4 is 17.4 Å². The van der Waals surface area contributed by atoms with Crippen LogP contribution in [0, 0.1) is 0 Å². The van der Waals surface area contributed by atoms with Crippen LogP contribution in [0.2, 0.25) is 0 Å². The fourth-order valence-corrected chi connectivity index (χ4v) is 3.74. The molecule has 3 heterocycles. The SMILES string of the molecule is CC1Cc2ccccc2N1c1ccc(C(=O)N(C)CCc2ccncc2)cn1. The molecule has 1 aliphatic rings. The first-order valence-corrected chi connectivity index (χ1v) is 9.61. The molecule has 28 heavy (non-hydrogen) atoms. The number of amides is 1. The highest BCUT2D eigenvalue weighted by Gasteiger charge is 2.27. The largest absolute Gasteiger partial charge is 0.341 e. The van der Waals surface area contributed by atoms with E-state index < -0.39 is 0 Å². The maximum absolute atomic E-state index is 12.7. The molecule has 0 radical (unpaired) electrons. The highest BCUT2D eigenvalue weighted by molar-refractivity contribution is 5.94. The van der Waals surface area contributed by atoms with Crippen molar-refractivity contribution in [1.29, 1.82) is 0 Å². The molecule has 2 aromatic heterocycles. The van der Waals surface area contributed by atoms with Gasteiger partial charge in [-0.05, 0) is 61.2 Å². The first-order chi connectivity index (χ1) is 13.6. The number of pyridine rings is 2. The monoisotopic (exact) mass is 372 g/mol. The van der Waals surface area contributed by atoms with Gasteiger partial charge in [0.1, 0.15) is 5.82 Å². The second-order valence-electron chi connectivity index (χ2n) is 7.29. The molecule has 0 saturated carbocycles. The summed E-state index contributed by atoms with van der Waals surface area (Å²) >= 11 is 0. The highest BCUT2D eigenvalue weighted by atomic mass is 16.2. The lowest BCUT2D eigenvalue weighted by Gasteiger charge is -2.24. The molecule has 0 N–H and O–H groups in total. The van der Waals surface area contributed by atoms with Crippen LogP contribution < -0.4 is 4.90 Å². The number of fused-ring (bicyclic) bond motifs is 1. The number of rotatable bonds is 5. The molecule has 1 amide bonds. The maximum Gasteiger partial charge on any atom is 0.255 e. The van der Waals surface area contributed by atoms with E-state index in [4.69, 9.17) is 0 Å². The summed E-state index contributed by atoms with van der Waals surface area (Å²) in [6.07, 6.45) is 7.05. The van der Waals surface area contributed by atoms with Gasteiger partial charge in [-0.1, -0.05) is 18.2 Å². The number of aromatic nitrogens is 2. The van der Waals surface area contributed by atoms with E-state index >= 15 is 0 Å². The first kappa shape index (κ1) is 18.2. The Bertz CT molecular complexity index is 956. The number of carbonyl (C=O) groups is 1. The van der Waals surface area contributed by atoms with Crippen LogP contribution in [0.3, 0.4) is 0 Å². The van der Waals surface area contributed by atoms with E-state index in [-0.39, 0.29) is 5.91 Å². The van der Waals surface area contributed by atoms with Crippen molar-refractivity contribution in [2.45, 2.75) is 25.8 Å². The minimum Gasteiger partial charge on any atom is -0.341 e. The fourth-order valence-electron chi connectivity index (χ4n) is 3.74. The van der Waals surface area contributed by atoms with Gasteiger partial charge >= 0.3 is 0 Å². The number of benzene rings is 1. The predicted molar refractivity (Wildman–Crippen MR) is 111 cm³/mol. The summed E-state index contributed by atoms with van der Waals surface area (Å²) in [5.74, 6) is 0.872. The van der Waals surface area contributed by atoms with Crippen molar-refractivity contribution in [2.24, 2.45) is 0 Å². The van der Waals surface area contributed by atoms with E-state index in [0.29, 0.717) is 18.2 Å². The smallest absolute Gasteiger partial charge is 0.255 e. The molecule has 5 nitrogen and oxygen atoms in total. The van der Waals surface area contributed by atoms with Crippen LogP contribution in [0.15, 0.2) is 67.1 Å². The molecule has 3 aromatic rings. The average Bonchev–Trinajstić information content (AvgIpc) is 3.08. The zero-order valence-electron chi connectivity index (χ0n) is 16.2. The Kier molecular flexibility index (Phi) is 5.06. The van der Waals surface area contributed by atoms with Gasteiger partial charge in [0.2, 0.25) is 0 Å². The number of likely N-dealkylation sites (N-methyl/N-ethyl adjacent to an activating group) is 1. The molecule has 1 aromatic carbocycles. The minimum atomic E-state index is -0.0111. The summed E-state index contributed by atoms with van der Waals surface area (Å²) in [4.78, 5) is 25.3. The van der Waals surface area contributed by atoms with Gasteiger partial charge < -0.3 is 9.80 Å². The van der Waals surface area contributed by atoms with Gasteiger partial charge in [0.05, 0.1) is 5.56 Å². The number of carbonyl (C=O) groups excluding carboxylic acids is 1. The van der Waals surface area contributed by atoms with E-state index in [1.807, 2.05) is 31.3 Å². The number of para-hydroxylation sites is 1. The molecule has 0 bridgehead atoms. The molecule has 0 fully saturated rings. The van der Waals surface area contributed by atoms with Gasteiger partial charge in [-0.2, -0.15) is 0 Å². The van der Waals surface area contributed by atoms with Crippen LogP contribution in [0.25, 0.3) is 0 Å². The molecule has 0 saturated heterocycles. The summed E-state index contributed by atoms with van der Waals surface area (Å²) in [5, 5.41) is 0. The Morgan fingerprint density at radius 2 is 1.93 bits per heavy atom. The Morgan fingerprint density at radius 3 is 2.68 bits per heavy atom. The van der Waals surface area contributed by atoms with Crippen molar-refractivity contribution in [3.05, 3.63) is 83.8 Å². The quantitative estimate of drug-likeness (QED) is 0.682. The lowest BCUT2D eigenvalue weighted by Crippen LogP contribution is -2.29. The van der Waals surface area contributed by atoms with Crippen molar-refractivity contribution in [2.75, 3.05) is 18.5 Å². The third-order valence-corrected chi connectivity index (χ3v) is 5.28. The molecule has 1 aliphatic heterocycles. The van der Waals surface area contributed by atoms with Crippen LogP contribution in [-0.4, -0.2) is 40.4 Å². The number of nitrogens with zero attached hydrogens (tertiary/aromatic N) is 4. The Morgan fingerprint density at radius 1 is 1.14 bits per heavy atom. The van der Waals surface area contributed by atoms with E-state index in [0.717, 1.165) is 18.7 Å². The molecule has 5 heteroatoms. The molecule has 1 unspecified atom stereocenters. The fraction of sp³-hybridized carbons (Fsp3) is 0.261. The Hall–Kier alpha value is -3.21. The zero-order valence-corrected chi connectivity index (χ0v) is 16.2. The van der Waals surface area contributed by atoms with Crippen molar-refractivity contribution < 1.29 is 4.79 Å². The Balaban J connectivity index is 1.45. The number of anilines is 2. The maximum atomic E-state index is 12.7. The number of hydrogen-bond donors (Lipinski definition) is 0. The van der Waals surface area contributed by atoms with E-state index in [1.54, 1.807) is 23.5 Å². The van der Waals surface area contributed by atoms with Gasteiger partial charge in [-0.3, -0.25) is 9.78 Å². The summed E-state index contributed by atoms with van der Waals surface area (Å²) < 4.78 is 0. The van der Waals surface area contributed by atoms with Crippen molar-refractivity contribution in [3.8, 4) is 0 Å². The average molecular weight is 372 g/mol. The molecule has 142 valence electrons. The van der Waals surface area contributed by atoms with Gasteiger partial charge in [-0.25, -0.2) is 4.98 Å². The van der Waals surface area contributed by atoms with E-state index in [2.05, 4.69) is 46.1 Å². The van der Waals surface area contributed by atoms with E-state index in [1.165, 1.54) is 16.8 Å². The lowest BCUT2D eigenvalue weighted by atomic mass is 10.1.